The summed E-state index contributed by atoms with van der Waals surface area (Å²) >= 11 is 3.41. The molecule has 0 spiro atoms. The van der Waals surface area contributed by atoms with E-state index in [4.69, 9.17) is 0 Å². The summed E-state index contributed by atoms with van der Waals surface area (Å²) in [6.07, 6.45) is 0. The number of anilines is 2. The van der Waals surface area contributed by atoms with E-state index in [-0.39, 0.29) is 11.8 Å². The minimum absolute atomic E-state index is 0.133. The molecule has 23 heavy (non-hydrogen) atoms. The van der Waals surface area contributed by atoms with Crippen LogP contribution in [0.3, 0.4) is 0 Å². The van der Waals surface area contributed by atoms with Crippen LogP contribution in [0.5, 0.6) is 0 Å². The summed E-state index contributed by atoms with van der Waals surface area (Å²) in [7, 11) is 0. The molecule has 0 atom stereocenters. The number of H-pyrrole nitrogens is 1. The first kappa shape index (κ1) is 15.3. The van der Waals surface area contributed by atoms with Crippen molar-refractivity contribution in [1.29, 1.82) is 0 Å². The predicted octanol–water partition coefficient (Wildman–Crippen LogP) is 4.14. The minimum atomic E-state index is -0.218. The van der Waals surface area contributed by atoms with E-state index in [9.17, 15) is 9.59 Å². The van der Waals surface area contributed by atoms with Gasteiger partial charge in [0.15, 0.2) is 0 Å². The Hall–Kier alpha value is -2.60. The van der Waals surface area contributed by atoms with Crippen molar-refractivity contribution in [2.45, 2.75) is 6.92 Å². The zero-order valence-corrected chi connectivity index (χ0v) is 13.9. The van der Waals surface area contributed by atoms with Crippen molar-refractivity contribution in [1.82, 2.24) is 4.98 Å². The second-order valence-electron chi connectivity index (χ2n) is 5.13. The van der Waals surface area contributed by atoms with E-state index < -0.39 is 0 Å². The van der Waals surface area contributed by atoms with Crippen LogP contribution in [-0.4, -0.2) is 16.8 Å². The first-order chi connectivity index (χ1) is 11.0. The number of hydrogen-bond donors (Lipinski definition) is 3. The highest BCUT2D eigenvalue weighted by Crippen LogP contribution is 2.21. The van der Waals surface area contributed by atoms with Gasteiger partial charge < -0.3 is 15.6 Å². The van der Waals surface area contributed by atoms with Crippen LogP contribution in [0.2, 0.25) is 0 Å². The van der Waals surface area contributed by atoms with Crippen LogP contribution in [0.4, 0.5) is 11.4 Å². The molecule has 5 nitrogen and oxygen atoms in total. The van der Waals surface area contributed by atoms with Crippen LogP contribution < -0.4 is 10.6 Å². The first-order valence-electron chi connectivity index (χ1n) is 6.98. The lowest BCUT2D eigenvalue weighted by molar-refractivity contribution is -0.114. The van der Waals surface area contributed by atoms with E-state index in [1.807, 2.05) is 18.2 Å². The highest BCUT2D eigenvalue weighted by molar-refractivity contribution is 9.10. The second kappa shape index (κ2) is 6.26. The topological polar surface area (TPSA) is 74.0 Å². The third-order valence-corrected chi connectivity index (χ3v) is 3.78. The summed E-state index contributed by atoms with van der Waals surface area (Å²) in [4.78, 5) is 26.4. The van der Waals surface area contributed by atoms with Crippen LogP contribution in [0.15, 0.2) is 53.0 Å². The van der Waals surface area contributed by atoms with E-state index in [1.54, 1.807) is 30.3 Å². The van der Waals surface area contributed by atoms with Gasteiger partial charge >= 0.3 is 0 Å². The molecule has 0 aliphatic carbocycles. The average molecular weight is 372 g/mol. The van der Waals surface area contributed by atoms with Crippen molar-refractivity contribution in [3.8, 4) is 0 Å². The molecular formula is C17H14BrN3O2. The zero-order chi connectivity index (χ0) is 16.4. The Labute approximate surface area is 141 Å². The molecule has 0 unspecified atom stereocenters. The second-order valence-corrected chi connectivity index (χ2v) is 6.04. The molecule has 0 saturated heterocycles. The van der Waals surface area contributed by atoms with Crippen LogP contribution in [0.25, 0.3) is 10.9 Å². The molecule has 0 aliphatic heterocycles. The Balaban J connectivity index is 1.76. The predicted molar refractivity (Wildman–Crippen MR) is 94.7 cm³/mol. The SMILES string of the molecule is CC(=O)Nc1ccc(NC(=O)c2cc3cc(Br)ccc3[nH]2)cc1. The molecule has 0 bridgehead atoms. The number of carbonyl (C=O) groups is 2. The van der Waals surface area contributed by atoms with Gasteiger partial charge in [0.25, 0.3) is 5.91 Å². The summed E-state index contributed by atoms with van der Waals surface area (Å²) in [6, 6.07) is 14.5. The Morgan fingerprint density at radius 1 is 0.957 bits per heavy atom. The van der Waals surface area contributed by atoms with Crippen molar-refractivity contribution < 1.29 is 9.59 Å². The minimum Gasteiger partial charge on any atom is -0.351 e. The first-order valence-corrected chi connectivity index (χ1v) is 7.78. The maximum Gasteiger partial charge on any atom is 0.272 e. The number of amides is 2. The quantitative estimate of drug-likeness (QED) is 0.647. The summed E-state index contributed by atoms with van der Waals surface area (Å²) in [5, 5.41) is 6.46. The van der Waals surface area contributed by atoms with Gasteiger partial charge in [-0.3, -0.25) is 9.59 Å². The third kappa shape index (κ3) is 3.60. The molecule has 2 amide bonds. The molecular weight excluding hydrogens is 358 g/mol. The van der Waals surface area contributed by atoms with Crippen molar-refractivity contribution in [3.63, 3.8) is 0 Å². The summed E-state index contributed by atoms with van der Waals surface area (Å²) in [6.45, 7) is 1.45. The molecule has 0 radical (unpaired) electrons. The number of nitrogens with one attached hydrogen (secondary N) is 3. The van der Waals surface area contributed by atoms with E-state index in [0.717, 1.165) is 15.4 Å². The fraction of sp³-hybridized carbons (Fsp3) is 0.0588. The van der Waals surface area contributed by atoms with E-state index in [2.05, 4.69) is 31.5 Å². The third-order valence-electron chi connectivity index (χ3n) is 3.29. The van der Waals surface area contributed by atoms with Crippen LogP contribution >= 0.6 is 15.9 Å². The number of aromatic nitrogens is 1. The normalized spacial score (nSPS) is 10.5. The van der Waals surface area contributed by atoms with Gasteiger partial charge in [0.1, 0.15) is 5.69 Å². The number of carbonyl (C=O) groups excluding carboxylic acids is 2. The van der Waals surface area contributed by atoms with E-state index >= 15 is 0 Å². The van der Waals surface area contributed by atoms with Gasteiger partial charge in [0.2, 0.25) is 5.91 Å². The maximum atomic E-state index is 12.3. The standard InChI is InChI=1S/C17H14BrN3O2/c1-10(22)19-13-3-5-14(6-4-13)20-17(23)16-9-11-8-12(18)2-7-15(11)21-16/h2-9,21H,1H3,(H,19,22)(H,20,23). The molecule has 1 aromatic heterocycles. The van der Waals surface area contributed by atoms with E-state index in [1.165, 1.54) is 6.92 Å². The molecule has 1 heterocycles. The molecule has 3 aromatic rings. The van der Waals surface area contributed by atoms with Crippen molar-refractivity contribution in [3.05, 3.63) is 58.7 Å². The molecule has 0 aliphatic rings. The fourth-order valence-electron chi connectivity index (χ4n) is 2.26. The lowest BCUT2D eigenvalue weighted by Gasteiger charge is -2.06. The van der Waals surface area contributed by atoms with Gasteiger partial charge in [-0.2, -0.15) is 0 Å². The fourth-order valence-corrected chi connectivity index (χ4v) is 2.64. The number of rotatable bonds is 3. The van der Waals surface area contributed by atoms with Gasteiger partial charge in [0.05, 0.1) is 0 Å². The summed E-state index contributed by atoms with van der Waals surface area (Å²) < 4.78 is 0.963. The van der Waals surface area contributed by atoms with Crippen LogP contribution in [0, 0.1) is 0 Å². The Bertz CT molecular complexity index is 884. The van der Waals surface area contributed by atoms with Gasteiger partial charge in [-0.15, -0.1) is 0 Å². The Morgan fingerprint density at radius 3 is 2.26 bits per heavy atom. The number of benzene rings is 2. The van der Waals surface area contributed by atoms with Crippen molar-refractivity contribution in [2.24, 2.45) is 0 Å². The van der Waals surface area contributed by atoms with E-state index in [0.29, 0.717) is 17.1 Å². The smallest absolute Gasteiger partial charge is 0.272 e. The number of halogens is 1. The molecule has 3 rings (SSSR count). The summed E-state index contributed by atoms with van der Waals surface area (Å²) in [5.74, 6) is -0.351. The van der Waals surface area contributed by atoms with Crippen LogP contribution in [0.1, 0.15) is 17.4 Å². The molecule has 3 N–H and O–H groups in total. The van der Waals surface area contributed by atoms with Crippen LogP contribution in [-0.2, 0) is 4.79 Å². The molecule has 0 fully saturated rings. The van der Waals surface area contributed by atoms with Crippen molar-refractivity contribution in [2.75, 3.05) is 10.6 Å². The van der Waals surface area contributed by atoms with Gasteiger partial charge in [-0.25, -0.2) is 0 Å². The number of fused-ring (bicyclic) bond motifs is 1. The highest BCUT2D eigenvalue weighted by atomic mass is 79.9. The van der Waals surface area contributed by atoms with Gasteiger partial charge in [0, 0.05) is 33.7 Å². The monoisotopic (exact) mass is 371 g/mol. The molecule has 116 valence electrons. The molecule has 0 saturated carbocycles. The maximum absolute atomic E-state index is 12.3. The lowest BCUT2D eigenvalue weighted by Crippen LogP contribution is -2.12. The Morgan fingerprint density at radius 2 is 1.61 bits per heavy atom. The number of aromatic amines is 1. The molecule has 6 heteroatoms. The van der Waals surface area contributed by atoms with Crippen molar-refractivity contribution >= 4 is 50.0 Å². The largest absolute Gasteiger partial charge is 0.351 e. The molecule has 2 aromatic carbocycles. The number of hydrogen-bond acceptors (Lipinski definition) is 2. The zero-order valence-electron chi connectivity index (χ0n) is 12.3. The summed E-state index contributed by atoms with van der Waals surface area (Å²) in [5.41, 5.74) is 2.73. The van der Waals surface area contributed by atoms with Gasteiger partial charge in [-0.05, 0) is 48.5 Å². The lowest BCUT2D eigenvalue weighted by atomic mass is 10.2. The Kier molecular flexibility index (Phi) is 4.16. The highest BCUT2D eigenvalue weighted by Gasteiger charge is 2.10. The average Bonchev–Trinajstić information content (AvgIpc) is 2.92. The van der Waals surface area contributed by atoms with Gasteiger partial charge in [-0.1, -0.05) is 15.9 Å².